The van der Waals surface area contributed by atoms with Crippen molar-refractivity contribution in [2.75, 3.05) is 13.1 Å². The van der Waals surface area contributed by atoms with E-state index in [0.29, 0.717) is 11.6 Å². The van der Waals surface area contributed by atoms with Crippen LogP contribution in [0.15, 0.2) is 81.2 Å². The van der Waals surface area contributed by atoms with Crippen molar-refractivity contribution in [2.45, 2.75) is 72.3 Å². The third kappa shape index (κ3) is 7.20. The van der Waals surface area contributed by atoms with Crippen molar-refractivity contribution < 1.29 is 9.21 Å². The fourth-order valence-electron chi connectivity index (χ4n) is 4.68. The molecule has 0 aliphatic heterocycles. The molecular formula is C33H40N4O2. The molecule has 1 heterocycles. The van der Waals surface area contributed by atoms with E-state index in [-0.39, 0.29) is 11.9 Å². The smallest absolute Gasteiger partial charge is 0.323 e. The van der Waals surface area contributed by atoms with E-state index in [9.17, 15) is 4.79 Å². The molecule has 0 N–H and O–H groups in total. The van der Waals surface area contributed by atoms with Gasteiger partial charge >= 0.3 is 6.01 Å². The van der Waals surface area contributed by atoms with E-state index in [2.05, 4.69) is 42.9 Å². The average Bonchev–Trinajstić information content (AvgIpc) is 3.37. The van der Waals surface area contributed by atoms with Crippen molar-refractivity contribution in [2.24, 2.45) is 9.98 Å². The maximum Gasteiger partial charge on any atom is 0.323 e. The Hall–Kier alpha value is -3.80. The van der Waals surface area contributed by atoms with E-state index >= 15 is 0 Å². The van der Waals surface area contributed by atoms with Gasteiger partial charge in [0, 0.05) is 18.7 Å². The van der Waals surface area contributed by atoms with E-state index in [4.69, 9.17) is 9.41 Å². The van der Waals surface area contributed by atoms with E-state index in [1.807, 2.05) is 66.4 Å². The Kier molecular flexibility index (Phi) is 10.0. The lowest BCUT2D eigenvalue weighted by Gasteiger charge is -2.22. The van der Waals surface area contributed by atoms with Gasteiger partial charge in [-0.25, -0.2) is 0 Å². The summed E-state index contributed by atoms with van der Waals surface area (Å²) >= 11 is 0. The minimum atomic E-state index is -0.178. The lowest BCUT2D eigenvalue weighted by Crippen LogP contribution is -2.35. The summed E-state index contributed by atoms with van der Waals surface area (Å²) in [5.41, 5.74) is 4.34. The van der Waals surface area contributed by atoms with E-state index < -0.39 is 0 Å². The van der Waals surface area contributed by atoms with Crippen LogP contribution in [0.25, 0.3) is 11.1 Å². The number of carbonyl (C=O) groups is 1. The van der Waals surface area contributed by atoms with Crippen LogP contribution in [0, 0.1) is 6.92 Å². The summed E-state index contributed by atoms with van der Waals surface area (Å²) in [4.78, 5) is 29.4. The van der Waals surface area contributed by atoms with Crippen LogP contribution in [0.1, 0.15) is 86.8 Å². The molecule has 0 radical (unpaired) electrons. The van der Waals surface area contributed by atoms with Crippen molar-refractivity contribution in [1.82, 2.24) is 9.88 Å². The van der Waals surface area contributed by atoms with Crippen LogP contribution in [0.2, 0.25) is 0 Å². The van der Waals surface area contributed by atoms with Gasteiger partial charge in [0.25, 0.3) is 5.91 Å². The summed E-state index contributed by atoms with van der Waals surface area (Å²) in [7, 11) is 0. The van der Waals surface area contributed by atoms with Gasteiger partial charge in [-0.2, -0.15) is 9.98 Å². The first-order valence-corrected chi connectivity index (χ1v) is 14.3. The van der Waals surface area contributed by atoms with Crippen LogP contribution in [0.4, 0.5) is 6.01 Å². The highest BCUT2D eigenvalue weighted by atomic mass is 16.4. The SMILES string of the molecule is CC/C=C\C(N=c1c(C)cc1=Nc1nc2ccccc2o1)c1ccc(C(=O)N(CCC)CCCCCC)cc1. The average molecular weight is 525 g/mol. The number of unbranched alkanes of at least 4 members (excludes halogenated alkanes) is 3. The number of oxazole rings is 1. The first-order chi connectivity index (χ1) is 19.0. The van der Waals surface area contributed by atoms with Crippen LogP contribution in [-0.4, -0.2) is 28.9 Å². The fraction of sp³-hybridized carbons (Fsp3) is 0.394. The molecule has 39 heavy (non-hydrogen) atoms. The second-order valence-corrected chi connectivity index (χ2v) is 10.0. The number of rotatable bonds is 13. The zero-order valence-electron chi connectivity index (χ0n) is 23.7. The van der Waals surface area contributed by atoms with Gasteiger partial charge in [-0.15, -0.1) is 0 Å². The molecular weight excluding hydrogens is 484 g/mol. The minimum Gasteiger partial charge on any atom is -0.422 e. The molecule has 1 amide bonds. The molecule has 1 aromatic heterocycles. The molecule has 1 unspecified atom stereocenters. The first kappa shape index (κ1) is 28.2. The number of fused-ring (bicyclic) bond motifs is 1. The quantitative estimate of drug-likeness (QED) is 0.136. The number of benzene rings is 2. The Labute approximate surface area is 231 Å². The molecule has 4 aromatic rings. The second kappa shape index (κ2) is 13.8. The van der Waals surface area contributed by atoms with Crippen molar-refractivity contribution >= 4 is 23.0 Å². The lowest BCUT2D eigenvalue weighted by molar-refractivity contribution is 0.0752. The largest absolute Gasteiger partial charge is 0.422 e. The Balaban J connectivity index is 1.58. The number of aryl methyl sites for hydroxylation is 1. The molecule has 0 saturated heterocycles. The number of hydrogen-bond acceptors (Lipinski definition) is 5. The first-order valence-electron chi connectivity index (χ1n) is 14.3. The molecule has 0 bridgehead atoms. The van der Waals surface area contributed by atoms with Crippen molar-refractivity contribution in [3.8, 4) is 0 Å². The number of amides is 1. The van der Waals surface area contributed by atoms with Gasteiger partial charge in [0.1, 0.15) is 5.52 Å². The Morgan fingerprint density at radius 2 is 1.79 bits per heavy atom. The van der Waals surface area contributed by atoms with Crippen molar-refractivity contribution in [3.05, 3.63) is 94.2 Å². The number of para-hydroxylation sites is 2. The van der Waals surface area contributed by atoms with Crippen molar-refractivity contribution in [1.29, 1.82) is 0 Å². The summed E-state index contributed by atoms with van der Waals surface area (Å²) < 4.78 is 5.79. The van der Waals surface area contributed by atoms with E-state index in [1.54, 1.807) is 0 Å². The number of nitrogens with zero attached hydrogens (tertiary/aromatic N) is 4. The number of allylic oxidation sites excluding steroid dienone is 1. The number of aromatic nitrogens is 1. The maximum absolute atomic E-state index is 13.3. The van der Waals surface area contributed by atoms with E-state index in [0.717, 1.165) is 65.3 Å². The van der Waals surface area contributed by atoms with Gasteiger partial charge in [-0.1, -0.05) is 76.5 Å². The van der Waals surface area contributed by atoms with Crippen LogP contribution in [-0.2, 0) is 0 Å². The number of carbonyl (C=O) groups excluding carboxylic acids is 1. The topological polar surface area (TPSA) is 71.1 Å². The molecule has 6 nitrogen and oxygen atoms in total. The van der Waals surface area contributed by atoms with Gasteiger partial charge in [0.2, 0.25) is 0 Å². The predicted octanol–water partition coefficient (Wildman–Crippen LogP) is 7.28. The molecule has 4 rings (SSSR count). The Bertz CT molecular complexity index is 1450. The maximum atomic E-state index is 13.3. The Morgan fingerprint density at radius 3 is 2.49 bits per heavy atom. The van der Waals surface area contributed by atoms with Crippen LogP contribution >= 0.6 is 0 Å². The molecule has 204 valence electrons. The van der Waals surface area contributed by atoms with E-state index in [1.165, 1.54) is 19.3 Å². The summed E-state index contributed by atoms with van der Waals surface area (Å²) in [6, 6.07) is 17.7. The third-order valence-corrected chi connectivity index (χ3v) is 6.85. The van der Waals surface area contributed by atoms with Gasteiger partial charge in [-0.05, 0) is 67.6 Å². The monoisotopic (exact) mass is 524 g/mol. The van der Waals surface area contributed by atoms with Gasteiger partial charge in [-0.3, -0.25) is 9.79 Å². The summed E-state index contributed by atoms with van der Waals surface area (Å²) in [6.45, 7) is 10.1. The standard InChI is InChI=1S/C33H40N4O2/c1-5-8-10-13-22-37(21-7-3)32(38)26-19-17-25(18-20-26)27(14-9-6-2)34-31-24(4)23-29(31)36-33-35-28-15-11-12-16-30(28)39-33/h9,11-12,14-20,23,27H,5-8,10,13,21-22H2,1-4H3/b14-9-,34-31?,36-29?. The zero-order chi connectivity index (χ0) is 27.6. The zero-order valence-corrected chi connectivity index (χ0v) is 23.7. The Morgan fingerprint density at radius 1 is 1.00 bits per heavy atom. The van der Waals surface area contributed by atoms with Crippen LogP contribution < -0.4 is 10.7 Å². The molecule has 1 atom stereocenters. The number of hydrogen-bond donors (Lipinski definition) is 0. The highest BCUT2D eigenvalue weighted by Crippen LogP contribution is 2.22. The highest BCUT2D eigenvalue weighted by molar-refractivity contribution is 5.94. The van der Waals surface area contributed by atoms with Gasteiger partial charge in [0.15, 0.2) is 5.58 Å². The predicted molar refractivity (Wildman–Crippen MR) is 157 cm³/mol. The molecule has 0 saturated carbocycles. The molecule has 0 aliphatic carbocycles. The molecule has 6 heteroatoms. The summed E-state index contributed by atoms with van der Waals surface area (Å²) in [6.07, 6.45) is 10.7. The lowest BCUT2D eigenvalue weighted by atomic mass is 10.0. The second-order valence-electron chi connectivity index (χ2n) is 10.0. The normalized spacial score (nSPS) is 13.6. The molecule has 0 aliphatic rings. The summed E-state index contributed by atoms with van der Waals surface area (Å²) in [5.74, 6) is 0.109. The van der Waals surface area contributed by atoms with Crippen molar-refractivity contribution in [3.63, 3.8) is 0 Å². The van der Waals surface area contributed by atoms with Crippen LogP contribution in [0.3, 0.4) is 0 Å². The van der Waals surface area contributed by atoms with Crippen LogP contribution in [0.5, 0.6) is 0 Å². The van der Waals surface area contributed by atoms with Gasteiger partial charge < -0.3 is 9.32 Å². The highest BCUT2D eigenvalue weighted by Gasteiger charge is 2.16. The molecule has 0 spiro atoms. The summed E-state index contributed by atoms with van der Waals surface area (Å²) in [5, 5.41) is 1.61. The third-order valence-electron chi connectivity index (χ3n) is 6.85. The molecule has 3 aromatic carbocycles. The minimum absolute atomic E-state index is 0.109. The van der Waals surface area contributed by atoms with Gasteiger partial charge in [0.05, 0.1) is 16.8 Å². The molecule has 0 fully saturated rings. The fourth-order valence-corrected chi connectivity index (χ4v) is 4.68.